The number of halogens is 3. The molecule has 3 amide bonds. The summed E-state index contributed by atoms with van der Waals surface area (Å²) in [5, 5.41) is 0. The standard InChI is InChI=1S/C27H34F3N5O5/c1-16-5-8-35(20(36)11-16)15-26(25(2,3)4,40-24(31)38)12-21(37)34-9-6-18-19(13-34)32-23(17-7-10-39-14-17)33-22(18)27(28,29)30/h7,10,14,16H,5-6,8-9,11-13,15H2,1-4H3,(H2,31,38)/t16?,26-/m1/s1. The minimum absolute atomic E-state index is 0.0136. The number of nitrogens with two attached hydrogens (primary N) is 1. The Balaban J connectivity index is 1.65. The predicted molar refractivity (Wildman–Crippen MR) is 136 cm³/mol. The van der Waals surface area contributed by atoms with Gasteiger partial charge in [0.1, 0.15) is 11.9 Å². The lowest BCUT2D eigenvalue weighted by Gasteiger charge is -2.47. The molecule has 2 aliphatic heterocycles. The monoisotopic (exact) mass is 565 g/mol. The molecular weight excluding hydrogens is 531 g/mol. The highest BCUT2D eigenvalue weighted by molar-refractivity contribution is 5.80. The first-order valence-electron chi connectivity index (χ1n) is 13.1. The number of hydrogen-bond donors (Lipinski definition) is 1. The lowest BCUT2D eigenvalue weighted by Crippen LogP contribution is -2.59. The number of amides is 3. The Kier molecular flexibility index (Phi) is 7.88. The van der Waals surface area contributed by atoms with E-state index in [0.29, 0.717) is 13.0 Å². The van der Waals surface area contributed by atoms with Crippen LogP contribution in [0.25, 0.3) is 11.4 Å². The van der Waals surface area contributed by atoms with Crippen molar-refractivity contribution in [1.29, 1.82) is 0 Å². The molecule has 0 spiro atoms. The molecule has 0 saturated carbocycles. The largest absolute Gasteiger partial charge is 0.472 e. The molecular formula is C27H34F3N5O5. The number of ether oxygens (including phenoxy) is 1. The summed E-state index contributed by atoms with van der Waals surface area (Å²) in [6.07, 6.45) is -2.57. The van der Waals surface area contributed by atoms with Crippen LogP contribution >= 0.6 is 0 Å². The third kappa shape index (κ3) is 6.07. The summed E-state index contributed by atoms with van der Waals surface area (Å²) in [6, 6.07) is 1.45. The van der Waals surface area contributed by atoms with E-state index in [1.165, 1.54) is 23.5 Å². The van der Waals surface area contributed by atoms with E-state index in [9.17, 15) is 27.6 Å². The van der Waals surface area contributed by atoms with Gasteiger partial charge in [0.25, 0.3) is 0 Å². The normalized spacial score (nSPS) is 19.7. The molecule has 1 fully saturated rings. The van der Waals surface area contributed by atoms with Gasteiger partial charge >= 0.3 is 12.3 Å². The van der Waals surface area contributed by atoms with E-state index >= 15 is 0 Å². The molecule has 0 aliphatic carbocycles. The Morgan fingerprint density at radius 1 is 1.20 bits per heavy atom. The first-order chi connectivity index (χ1) is 18.6. The highest BCUT2D eigenvalue weighted by Gasteiger charge is 2.50. The first kappa shape index (κ1) is 29.3. The Bertz CT molecular complexity index is 1270. The average molecular weight is 566 g/mol. The van der Waals surface area contributed by atoms with E-state index in [4.69, 9.17) is 14.9 Å². The average Bonchev–Trinajstić information content (AvgIpc) is 3.38. The van der Waals surface area contributed by atoms with E-state index in [1.807, 2.05) is 6.92 Å². The van der Waals surface area contributed by atoms with E-state index in [-0.39, 0.29) is 66.9 Å². The summed E-state index contributed by atoms with van der Waals surface area (Å²) in [5.41, 5.74) is 2.41. The highest BCUT2D eigenvalue weighted by Crippen LogP contribution is 2.40. The number of piperidine rings is 1. The van der Waals surface area contributed by atoms with Gasteiger partial charge in [-0.2, -0.15) is 13.2 Å². The molecule has 2 N–H and O–H groups in total. The minimum atomic E-state index is -4.72. The molecule has 0 bridgehead atoms. The fraction of sp³-hybridized carbons (Fsp3) is 0.593. The number of likely N-dealkylation sites (tertiary alicyclic amines) is 1. The number of alkyl halides is 3. The number of furan rings is 1. The van der Waals surface area contributed by atoms with Gasteiger partial charge in [0.05, 0.1) is 37.0 Å². The highest BCUT2D eigenvalue weighted by atomic mass is 19.4. The molecule has 2 aromatic heterocycles. The number of rotatable bonds is 6. The molecule has 2 aromatic rings. The molecule has 4 rings (SSSR count). The molecule has 10 nitrogen and oxygen atoms in total. The fourth-order valence-corrected chi connectivity index (χ4v) is 5.23. The summed E-state index contributed by atoms with van der Waals surface area (Å²) >= 11 is 0. The number of aromatic nitrogens is 2. The molecule has 0 aromatic carbocycles. The maximum atomic E-state index is 13.9. The van der Waals surface area contributed by atoms with Crippen LogP contribution in [0.15, 0.2) is 23.0 Å². The second-order valence-corrected chi connectivity index (χ2v) is 11.7. The summed E-state index contributed by atoms with van der Waals surface area (Å²) in [7, 11) is 0. The molecule has 2 atom stereocenters. The van der Waals surface area contributed by atoms with Crippen LogP contribution in [-0.4, -0.2) is 62.9 Å². The molecule has 40 heavy (non-hydrogen) atoms. The third-order valence-electron chi connectivity index (χ3n) is 7.78. The van der Waals surface area contributed by atoms with Crippen molar-refractivity contribution in [2.45, 2.75) is 71.7 Å². The summed E-state index contributed by atoms with van der Waals surface area (Å²) in [5.74, 6) is -0.511. The maximum absolute atomic E-state index is 13.9. The van der Waals surface area contributed by atoms with Gasteiger partial charge in [-0.05, 0) is 24.8 Å². The molecule has 2 aliphatic rings. The van der Waals surface area contributed by atoms with Crippen LogP contribution in [0.1, 0.15) is 63.9 Å². The van der Waals surface area contributed by atoms with Gasteiger partial charge in [0.2, 0.25) is 11.8 Å². The van der Waals surface area contributed by atoms with Crippen LogP contribution in [0.4, 0.5) is 18.0 Å². The summed E-state index contributed by atoms with van der Waals surface area (Å²) in [4.78, 5) is 49.7. The zero-order valence-electron chi connectivity index (χ0n) is 23.0. The number of carbonyl (C=O) groups is 3. The van der Waals surface area contributed by atoms with Gasteiger partial charge in [-0.3, -0.25) is 9.59 Å². The van der Waals surface area contributed by atoms with Gasteiger partial charge < -0.3 is 24.7 Å². The summed E-state index contributed by atoms with van der Waals surface area (Å²) in [6.45, 7) is 7.53. The SMILES string of the molecule is CC1CCN(C[C@@](CC(=O)N2CCc3c(nc(-c4ccoc4)nc3C(F)(F)F)C2)(OC(N)=O)C(C)(C)C)C(=O)C1. The van der Waals surface area contributed by atoms with E-state index < -0.39 is 34.9 Å². The second kappa shape index (κ2) is 10.7. The van der Waals surface area contributed by atoms with Crippen molar-refractivity contribution in [1.82, 2.24) is 19.8 Å². The molecule has 4 heterocycles. The molecule has 13 heteroatoms. The van der Waals surface area contributed by atoms with E-state index in [2.05, 4.69) is 9.97 Å². The van der Waals surface area contributed by atoms with Crippen molar-refractivity contribution in [2.24, 2.45) is 17.1 Å². The first-order valence-corrected chi connectivity index (χ1v) is 13.1. The van der Waals surface area contributed by atoms with Gasteiger partial charge in [0.15, 0.2) is 11.5 Å². The second-order valence-electron chi connectivity index (χ2n) is 11.7. The Morgan fingerprint density at radius 2 is 1.93 bits per heavy atom. The molecule has 1 saturated heterocycles. The molecule has 0 radical (unpaired) electrons. The number of carbonyl (C=O) groups excluding carboxylic acids is 3. The Hall–Kier alpha value is -3.64. The van der Waals surface area contributed by atoms with E-state index in [0.717, 1.165) is 6.42 Å². The van der Waals surface area contributed by atoms with Crippen molar-refractivity contribution in [3.8, 4) is 11.4 Å². The van der Waals surface area contributed by atoms with Crippen LogP contribution in [0, 0.1) is 11.3 Å². The Labute approximate surface area is 230 Å². The molecule has 218 valence electrons. The van der Waals surface area contributed by atoms with Gasteiger partial charge in [-0.15, -0.1) is 0 Å². The topological polar surface area (TPSA) is 132 Å². The fourth-order valence-electron chi connectivity index (χ4n) is 5.23. The Morgan fingerprint density at radius 3 is 2.50 bits per heavy atom. The quantitative estimate of drug-likeness (QED) is 0.556. The van der Waals surface area contributed by atoms with Crippen LogP contribution in [0.5, 0.6) is 0 Å². The lowest BCUT2D eigenvalue weighted by atomic mass is 9.73. The van der Waals surface area contributed by atoms with Crippen molar-refractivity contribution in [3.05, 3.63) is 35.5 Å². The lowest BCUT2D eigenvalue weighted by molar-refractivity contribution is -0.154. The van der Waals surface area contributed by atoms with Crippen molar-refractivity contribution >= 4 is 17.9 Å². The van der Waals surface area contributed by atoms with Crippen molar-refractivity contribution in [2.75, 3.05) is 19.6 Å². The van der Waals surface area contributed by atoms with Gasteiger partial charge in [-0.25, -0.2) is 14.8 Å². The van der Waals surface area contributed by atoms with Crippen LogP contribution < -0.4 is 5.73 Å². The van der Waals surface area contributed by atoms with Crippen molar-refractivity contribution in [3.63, 3.8) is 0 Å². The maximum Gasteiger partial charge on any atom is 0.433 e. The number of fused-ring (bicyclic) bond motifs is 1. The van der Waals surface area contributed by atoms with Crippen LogP contribution in [0.3, 0.4) is 0 Å². The summed E-state index contributed by atoms with van der Waals surface area (Å²) < 4.78 is 52.4. The smallest absolute Gasteiger partial charge is 0.433 e. The number of nitrogens with zero attached hydrogens (tertiary/aromatic N) is 4. The minimum Gasteiger partial charge on any atom is -0.472 e. The van der Waals surface area contributed by atoms with Crippen molar-refractivity contribution < 1.29 is 36.7 Å². The van der Waals surface area contributed by atoms with Crippen LogP contribution in [-0.2, 0) is 33.5 Å². The zero-order valence-corrected chi connectivity index (χ0v) is 23.0. The number of primary amides is 1. The van der Waals surface area contributed by atoms with Gasteiger partial charge in [-0.1, -0.05) is 27.7 Å². The molecule has 1 unspecified atom stereocenters. The van der Waals surface area contributed by atoms with Gasteiger partial charge in [0, 0.05) is 30.5 Å². The number of hydrogen-bond acceptors (Lipinski definition) is 7. The van der Waals surface area contributed by atoms with E-state index in [1.54, 1.807) is 25.7 Å². The van der Waals surface area contributed by atoms with Crippen LogP contribution in [0.2, 0.25) is 0 Å². The predicted octanol–water partition coefficient (Wildman–Crippen LogP) is 4.17. The third-order valence-corrected chi connectivity index (χ3v) is 7.78. The zero-order chi connectivity index (χ0) is 29.5.